The van der Waals surface area contributed by atoms with Gasteiger partial charge in [-0.3, -0.25) is 9.59 Å². The summed E-state index contributed by atoms with van der Waals surface area (Å²) >= 11 is 0. The van der Waals surface area contributed by atoms with Crippen molar-refractivity contribution in [3.05, 3.63) is 36.4 Å². The molecule has 0 radical (unpaired) electrons. The molecule has 3 rings (SSSR count). The molecule has 0 spiro atoms. The van der Waals surface area contributed by atoms with Gasteiger partial charge in [-0.25, -0.2) is 0 Å². The number of carbonyl (C=O) groups excluding carboxylic acids is 2. The maximum atomic E-state index is 12.4. The van der Waals surface area contributed by atoms with E-state index in [0.717, 1.165) is 24.8 Å². The molecule has 1 saturated carbocycles. The molecule has 2 amide bonds. The van der Waals surface area contributed by atoms with E-state index in [2.05, 4.69) is 6.58 Å². The van der Waals surface area contributed by atoms with Crippen molar-refractivity contribution in [1.29, 1.82) is 0 Å². The molecule has 1 aromatic carbocycles. The summed E-state index contributed by atoms with van der Waals surface area (Å²) in [7, 11) is 1.58. The van der Waals surface area contributed by atoms with E-state index in [0.29, 0.717) is 37.7 Å². The molecule has 0 atom stereocenters. The lowest BCUT2D eigenvalue weighted by atomic mass is 10.1. The van der Waals surface area contributed by atoms with Gasteiger partial charge < -0.3 is 19.3 Å². The first-order chi connectivity index (χ1) is 12.6. The highest BCUT2D eigenvalue weighted by Gasteiger charge is 2.35. The van der Waals surface area contributed by atoms with Crippen molar-refractivity contribution in [2.24, 2.45) is 5.92 Å². The average Bonchev–Trinajstić information content (AvgIpc) is 3.51. The Hall–Kier alpha value is -2.50. The van der Waals surface area contributed by atoms with E-state index < -0.39 is 0 Å². The molecule has 2 fully saturated rings. The number of allylic oxidation sites excluding steroid dienone is 1. The number of amides is 2. The van der Waals surface area contributed by atoms with Crippen molar-refractivity contribution < 1.29 is 19.1 Å². The number of piperazine rings is 1. The van der Waals surface area contributed by atoms with Crippen LogP contribution in [-0.4, -0.2) is 61.5 Å². The molecule has 2 aliphatic rings. The van der Waals surface area contributed by atoms with E-state index in [4.69, 9.17) is 9.47 Å². The third-order valence-corrected chi connectivity index (χ3v) is 4.83. The Morgan fingerprint density at radius 1 is 1.15 bits per heavy atom. The van der Waals surface area contributed by atoms with Crippen molar-refractivity contribution in [1.82, 2.24) is 9.80 Å². The second-order valence-electron chi connectivity index (χ2n) is 6.75. The lowest BCUT2D eigenvalue weighted by Gasteiger charge is -2.34. The van der Waals surface area contributed by atoms with Gasteiger partial charge in [-0.2, -0.15) is 0 Å². The number of ether oxygens (including phenoxy) is 2. The van der Waals surface area contributed by atoms with E-state index >= 15 is 0 Å². The van der Waals surface area contributed by atoms with Gasteiger partial charge in [-0.05, 0) is 37.0 Å². The number of rotatable bonds is 7. The van der Waals surface area contributed by atoms with Gasteiger partial charge in [0, 0.05) is 32.1 Å². The minimum absolute atomic E-state index is 0.0340. The zero-order valence-electron chi connectivity index (χ0n) is 15.3. The van der Waals surface area contributed by atoms with Crippen LogP contribution in [0.3, 0.4) is 0 Å². The number of methoxy groups -OCH3 is 1. The fourth-order valence-corrected chi connectivity index (χ4v) is 3.12. The van der Waals surface area contributed by atoms with Gasteiger partial charge >= 0.3 is 0 Å². The topological polar surface area (TPSA) is 59.1 Å². The smallest absolute Gasteiger partial charge is 0.260 e. The standard InChI is InChI=1S/C20H26N2O4/c1-3-4-15-5-8-17(18(13-15)25-2)26-14-19(23)21-9-11-22(12-10-21)20(24)16-6-7-16/h3,5,8,13,16H,1,4,6-7,9-12,14H2,2H3. The summed E-state index contributed by atoms with van der Waals surface area (Å²) in [6.07, 6.45) is 4.60. The number of nitrogens with zero attached hydrogens (tertiary/aromatic N) is 2. The predicted molar refractivity (Wildman–Crippen MR) is 98.3 cm³/mol. The fraction of sp³-hybridized carbons (Fsp3) is 0.500. The Morgan fingerprint density at radius 3 is 2.46 bits per heavy atom. The summed E-state index contributed by atoms with van der Waals surface area (Å²) in [6, 6.07) is 5.65. The number of hydrogen-bond acceptors (Lipinski definition) is 4. The second kappa shape index (κ2) is 8.25. The van der Waals surface area contributed by atoms with Gasteiger partial charge in [-0.15, -0.1) is 6.58 Å². The van der Waals surface area contributed by atoms with Crippen LogP contribution < -0.4 is 9.47 Å². The Morgan fingerprint density at radius 2 is 1.85 bits per heavy atom. The molecule has 1 aliphatic heterocycles. The van der Waals surface area contributed by atoms with Gasteiger partial charge in [-0.1, -0.05) is 12.1 Å². The van der Waals surface area contributed by atoms with Crippen molar-refractivity contribution >= 4 is 11.8 Å². The highest BCUT2D eigenvalue weighted by Crippen LogP contribution is 2.31. The van der Waals surface area contributed by atoms with Crippen LogP contribution in [-0.2, 0) is 16.0 Å². The third-order valence-electron chi connectivity index (χ3n) is 4.83. The minimum atomic E-state index is -0.0688. The third kappa shape index (κ3) is 4.36. The first-order valence-corrected chi connectivity index (χ1v) is 9.09. The van der Waals surface area contributed by atoms with Crippen LogP contribution in [0.2, 0.25) is 0 Å². The van der Waals surface area contributed by atoms with E-state index in [1.165, 1.54) is 0 Å². The van der Waals surface area contributed by atoms with Crippen LogP contribution >= 0.6 is 0 Å². The van der Waals surface area contributed by atoms with E-state index in [1.54, 1.807) is 12.0 Å². The Kier molecular flexibility index (Phi) is 5.81. The molecule has 26 heavy (non-hydrogen) atoms. The van der Waals surface area contributed by atoms with Crippen LogP contribution in [0.4, 0.5) is 0 Å². The Balaban J connectivity index is 1.49. The molecule has 1 aromatic rings. The number of benzene rings is 1. The molecule has 1 aliphatic carbocycles. The van der Waals surface area contributed by atoms with Gasteiger partial charge in [0.1, 0.15) is 0 Å². The largest absolute Gasteiger partial charge is 0.493 e. The highest BCUT2D eigenvalue weighted by atomic mass is 16.5. The molecule has 6 heteroatoms. The van der Waals surface area contributed by atoms with Crippen LogP contribution in [0.25, 0.3) is 0 Å². The first-order valence-electron chi connectivity index (χ1n) is 9.09. The maximum Gasteiger partial charge on any atom is 0.260 e. The van der Waals surface area contributed by atoms with Crippen LogP contribution in [0, 0.1) is 5.92 Å². The van der Waals surface area contributed by atoms with Crippen molar-refractivity contribution in [2.75, 3.05) is 39.9 Å². The summed E-state index contributed by atoms with van der Waals surface area (Å²) < 4.78 is 11.0. The number of carbonyl (C=O) groups is 2. The lowest BCUT2D eigenvalue weighted by molar-refractivity contribution is -0.141. The summed E-state index contributed by atoms with van der Waals surface area (Å²) in [5.74, 6) is 1.57. The van der Waals surface area contributed by atoms with Crippen molar-refractivity contribution in [2.45, 2.75) is 19.3 Å². The summed E-state index contributed by atoms with van der Waals surface area (Å²) in [6.45, 7) is 6.05. The molecule has 0 unspecified atom stereocenters. The zero-order chi connectivity index (χ0) is 18.5. The quantitative estimate of drug-likeness (QED) is 0.699. The highest BCUT2D eigenvalue weighted by molar-refractivity contribution is 5.82. The molecule has 0 bridgehead atoms. The maximum absolute atomic E-state index is 12.4. The van der Waals surface area contributed by atoms with Gasteiger partial charge in [0.15, 0.2) is 18.1 Å². The predicted octanol–water partition coefficient (Wildman–Crippen LogP) is 1.88. The van der Waals surface area contributed by atoms with Crippen LogP contribution in [0.1, 0.15) is 18.4 Å². The van der Waals surface area contributed by atoms with Crippen molar-refractivity contribution in [3.63, 3.8) is 0 Å². The Bertz CT molecular complexity index is 676. The van der Waals surface area contributed by atoms with E-state index in [-0.39, 0.29) is 24.3 Å². The first kappa shape index (κ1) is 18.3. The van der Waals surface area contributed by atoms with Gasteiger partial charge in [0.2, 0.25) is 5.91 Å². The van der Waals surface area contributed by atoms with Crippen molar-refractivity contribution in [3.8, 4) is 11.5 Å². The SMILES string of the molecule is C=CCc1ccc(OCC(=O)N2CCN(C(=O)C3CC3)CC2)c(OC)c1. The molecular weight excluding hydrogens is 332 g/mol. The van der Waals surface area contributed by atoms with Gasteiger partial charge in [0.25, 0.3) is 5.91 Å². The van der Waals surface area contributed by atoms with Crippen LogP contribution in [0.5, 0.6) is 11.5 Å². The van der Waals surface area contributed by atoms with E-state index in [1.807, 2.05) is 29.2 Å². The Labute approximate surface area is 154 Å². The monoisotopic (exact) mass is 358 g/mol. The van der Waals surface area contributed by atoms with Gasteiger partial charge in [0.05, 0.1) is 7.11 Å². The normalized spacial score (nSPS) is 17.0. The zero-order valence-corrected chi connectivity index (χ0v) is 15.3. The molecule has 6 nitrogen and oxygen atoms in total. The minimum Gasteiger partial charge on any atom is -0.493 e. The number of hydrogen-bond donors (Lipinski definition) is 0. The molecule has 0 N–H and O–H groups in total. The molecule has 140 valence electrons. The summed E-state index contributed by atoms with van der Waals surface area (Å²) in [5.41, 5.74) is 1.08. The summed E-state index contributed by atoms with van der Waals surface area (Å²) in [4.78, 5) is 28.1. The van der Waals surface area contributed by atoms with Crippen LogP contribution in [0.15, 0.2) is 30.9 Å². The molecule has 1 saturated heterocycles. The molecular formula is C20H26N2O4. The lowest BCUT2D eigenvalue weighted by Crippen LogP contribution is -2.52. The average molecular weight is 358 g/mol. The summed E-state index contributed by atoms with van der Waals surface area (Å²) in [5, 5.41) is 0. The molecule has 1 heterocycles. The fourth-order valence-electron chi connectivity index (χ4n) is 3.12. The molecule has 0 aromatic heterocycles. The second-order valence-corrected chi connectivity index (χ2v) is 6.75. The van der Waals surface area contributed by atoms with E-state index in [9.17, 15) is 9.59 Å².